The Labute approximate surface area is 272 Å². The minimum Gasteiger partial charge on any atom is -0.310 e. The smallest absolute Gasteiger partial charge is 0.0629 e. The fourth-order valence-corrected chi connectivity index (χ4v) is 7.54. The molecule has 0 unspecified atom stereocenters. The zero-order valence-electron chi connectivity index (χ0n) is 27.9. The Morgan fingerprint density at radius 3 is 1.93 bits per heavy atom. The average Bonchev–Trinajstić information content (AvgIpc) is 3.37. The van der Waals surface area contributed by atoms with Gasteiger partial charge in [-0.05, 0) is 96.4 Å². The van der Waals surface area contributed by atoms with Crippen molar-refractivity contribution in [1.82, 2.24) is 0 Å². The molecule has 0 fully saturated rings. The van der Waals surface area contributed by atoms with Crippen molar-refractivity contribution in [1.29, 1.82) is 0 Å². The Kier molecular flexibility index (Phi) is 5.46. The van der Waals surface area contributed by atoms with Gasteiger partial charge in [0.2, 0.25) is 0 Å². The van der Waals surface area contributed by atoms with E-state index in [1.165, 1.54) is 48.8 Å². The average molecular weight is 590 g/mol. The van der Waals surface area contributed by atoms with Crippen LogP contribution in [0.5, 0.6) is 0 Å². The Hall–Kier alpha value is -5.66. The molecule has 1 aliphatic carbocycles. The SMILES string of the molecule is [2H]/C(=C(/[2H])c1cc2c3c(ccc4cccc(c43)C2(C)C)c1)c1ccc(N(c2ccccc2)c2cc3ccccc3c3ccccc23)cc1. The lowest BCUT2D eigenvalue weighted by Crippen LogP contribution is -2.15. The van der Waals surface area contributed by atoms with Crippen molar-refractivity contribution in [3.05, 3.63) is 174 Å². The number of para-hydroxylation sites is 1. The van der Waals surface area contributed by atoms with Crippen molar-refractivity contribution < 1.29 is 2.74 Å². The number of hydrogen-bond donors (Lipinski definition) is 0. The summed E-state index contributed by atoms with van der Waals surface area (Å²) in [5, 5.41) is 9.78. The number of anilines is 3. The number of hydrogen-bond acceptors (Lipinski definition) is 1. The first-order valence-electron chi connectivity index (χ1n) is 16.9. The van der Waals surface area contributed by atoms with E-state index in [1.807, 2.05) is 18.2 Å². The molecule has 0 amide bonds. The van der Waals surface area contributed by atoms with E-state index in [-0.39, 0.29) is 17.5 Å². The molecule has 1 nitrogen and oxygen atoms in total. The Morgan fingerprint density at radius 1 is 0.478 bits per heavy atom. The van der Waals surface area contributed by atoms with Gasteiger partial charge < -0.3 is 4.90 Å². The Balaban J connectivity index is 1.15. The van der Waals surface area contributed by atoms with E-state index in [2.05, 4.69) is 152 Å². The summed E-state index contributed by atoms with van der Waals surface area (Å²) in [4.78, 5) is 2.29. The number of nitrogens with zero attached hydrogens (tertiary/aromatic N) is 1. The molecule has 0 aromatic heterocycles. The lowest BCUT2D eigenvalue weighted by Gasteiger charge is -2.27. The summed E-state index contributed by atoms with van der Waals surface area (Å²) in [6.45, 7) is 4.54. The lowest BCUT2D eigenvalue weighted by molar-refractivity contribution is 0.662. The molecule has 0 heterocycles. The largest absolute Gasteiger partial charge is 0.310 e. The zero-order valence-corrected chi connectivity index (χ0v) is 25.9. The first-order valence-corrected chi connectivity index (χ1v) is 15.9. The van der Waals surface area contributed by atoms with E-state index in [1.54, 1.807) is 0 Å². The van der Waals surface area contributed by atoms with Crippen LogP contribution in [0, 0.1) is 0 Å². The summed E-state index contributed by atoms with van der Waals surface area (Å²) >= 11 is 0. The monoisotopic (exact) mass is 589 g/mol. The van der Waals surface area contributed by atoms with Gasteiger partial charge in [-0.3, -0.25) is 0 Å². The summed E-state index contributed by atoms with van der Waals surface area (Å²) < 4.78 is 18.4. The highest BCUT2D eigenvalue weighted by Gasteiger charge is 2.33. The summed E-state index contributed by atoms with van der Waals surface area (Å²) in [5.41, 5.74) is 7.03. The minimum atomic E-state index is -0.171. The number of benzene rings is 8. The van der Waals surface area contributed by atoms with Gasteiger partial charge in [0, 0.05) is 22.2 Å². The van der Waals surface area contributed by atoms with Crippen LogP contribution in [0.1, 0.15) is 38.8 Å². The molecule has 1 heteroatoms. The van der Waals surface area contributed by atoms with Crippen molar-refractivity contribution >= 4 is 72.3 Å². The molecule has 0 spiro atoms. The maximum atomic E-state index is 9.23. The second-order valence-electron chi connectivity index (χ2n) is 12.8. The van der Waals surface area contributed by atoms with Gasteiger partial charge in [-0.1, -0.05) is 141 Å². The van der Waals surface area contributed by atoms with Crippen LogP contribution in [0.4, 0.5) is 17.1 Å². The van der Waals surface area contributed by atoms with Gasteiger partial charge in [0.05, 0.1) is 8.43 Å². The quantitative estimate of drug-likeness (QED) is 0.143. The maximum Gasteiger partial charge on any atom is 0.0629 e. The standard InChI is InChI=1S/C45H33N/c1-45(2)40-18-10-12-32-23-24-34-27-31(28-41(45)44(34)43(32)40)20-19-30-21-25-36(26-22-30)46(35-13-4-3-5-14-35)42-29-33-11-6-7-15-37(33)38-16-8-9-17-39(38)42/h3-29H,1-2H3/b20-19+/i19D,20D. The van der Waals surface area contributed by atoms with E-state index < -0.39 is 0 Å². The van der Waals surface area contributed by atoms with Crippen molar-refractivity contribution in [2.75, 3.05) is 4.90 Å². The molecule has 1 aliphatic rings. The predicted molar refractivity (Wildman–Crippen MR) is 199 cm³/mol. The lowest BCUT2D eigenvalue weighted by atomic mass is 9.81. The van der Waals surface area contributed by atoms with Crippen molar-refractivity contribution in [2.24, 2.45) is 0 Å². The van der Waals surface area contributed by atoms with Crippen LogP contribution < -0.4 is 4.90 Å². The molecule has 0 radical (unpaired) electrons. The van der Waals surface area contributed by atoms with Gasteiger partial charge in [0.15, 0.2) is 0 Å². The van der Waals surface area contributed by atoms with E-state index in [0.717, 1.165) is 33.6 Å². The Morgan fingerprint density at radius 2 is 1.11 bits per heavy atom. The number of rotatable bonds is 5. The van der Waals surface area contributed by atoms with Gasteiger partial charge in [-0.25, -0.2) is 0 Å². The highest BCUT2D eigenvalue weighted by atomic mass is 15.1. The van der Waals surface area contributed by atoms with Crippen LogP contribution >= 0.6 is 0 Å². The molecule has 8 aromatic carbocycles. The highest BCUT2D eigenvalue weighted by Crippen LogP contribution is 2.49. The molecule has 0 bridgehead atoms. The van der Waals surface area contributed by atoms with Gasteiger partial charge in [0.25, 0.3) is 0 Å². The normalized spacial score (nSPS) is 14.6. The second-order valence-corrected chi connectivity index (χ2v) is 12.8. The third kappa shape index (κ3) is 4.09. The van der Waals surface area contributed by atoms with Crippen LogP contribution in [-0.4, -0.2) is 0 Å². The molecule has 0 atom stereocenters. The fraction of sp³-hybridized carbons (Fsp3) is 0.0667. The van der Waals surface area contributed by atoms with Crippen LogP contribution in [0.15, 0.2) is 152 Å². The van der Waals surface area contributed by atoms with E-state index in [4.69, 9.17) is 0 Å². The summed E-state index contributed by atoms with van der Waals surface area (Å²) in [6.07, 6.45) is 0. The molecule has 8 aromatic rings. The Bertz CT molecular complexity index is 2600. The van der Waals surface area contributed by atoms with Gasteiger partial charge in [-0.15, -0.1) is 0 Å². The molecule has 46 heavy (non-hydrogen) atoms. The van der Waals surface area contributed by atoms with E-state index in [9.17, 15) is 2.74 Å². The van der Waals surface area contributed by atoms with Crippen LogP contribution in [0.2, 0.25) is 0 Å². The van der Waals surface area contributed by atoms with Crippen LogP contribution in [0.3, 0.4) is 0 Å². The first kappa shape index (κ1) is 24.6. The topological polar surface area (TPSA) is 3.24 Å². The second kappa shape index (κ2) is 10.2. The minimum absolute atomic E-state index is 0.171. The van der Waals surface area contributed by atoms with Gasteiger partial charge in [0.1, 0.15) is 0 Å². The zero-order chi connectivity index (χ0) is 32.6. The van der Waals surface area contributed by atoms with Gasteiger partial charge >= 0.3 is 0 Å². The van der Waals surface area contributed by atoms with E-state index >= 15 is 0 Å². The molecule has 218 valence electrons. The van der Waals surface area contributed by atoms with Crippen LogP contribution in [-0.2, 0) is 5.41 Å². The summed E-state index contributed by atoms with van der Waals surface area (Å²) in [6, 6.07) is 53.5. The van der Waals surface area contributed by atoms with Crippen molar-refractivity contribution in [3.63, 3.8) is 0 Å². The van der Waals surface area contributed by atoms with Crippen LogP contribution in [0.25, 0.3) is 55.2 Å². The number of fused-ring (bicyclic) bond motifs is 3. The first-order chi connectivity index (χ1) is 23.4. The maximum absolute atomic E-state index is 9.23. The predicted octanol–water partition coefficient (Wildman–Crippen LogP) is 12.6. The van der Waals surface area contributed by atoms with Gasteiger partial charge in [-0.2, -0.15) is 0 Å². The summed E-state index contributed by atoms with van der Waals surface area (Å²) in [5.74, 6) is 0. The fourth-order valence-electron chi connectivity index (χ4n) is 7.54. The molecular formula is C45H33N. The third-order valence-electron chi connectivity index (χ3n) is 9.78. The summed E-state index contributed by atoms with van der Waals surface area (Å²) in [7, 11) is 0. The molecule has 0 saturated heterocycles. The molecule has 0 saturated carbocycles. The van der Waals surface area contributed by atoms with Crippen molar-refractivity contribution in [3.8, 4) is 0 Å². The highest BCUT2D eigenvalue weighted by molar-refractivity contribution is 6.16. The third-order valence-corrected chi connectivity index (χ3v) is 9.78. The molecule has 0 N–H and O–H groups in total. The van der Waals surface area contributed by atoms with E-state index in [0.29, 0.717) is 0 Å². The molecule has 0 aliphatic heterocycles. The molecule has 9 rings (SSSR count). The van der Waals surface area contributed by atoms with Crippen molar-refractivity contribution in [2.45, 2.75) is 19.3 Å². The molecular weight excluding hydrogens is 555 g/mol.